The van der Waals surface area contributed by atoms with Crippen LogP contribution in [0.5, 0.6) is 0 Å². The van der Waals surface area contributed by atoms with Gasteiger partial charge in [0.2, 0.25) is 5.91 Å². The average Bonchev–Trinajstić information content (AvgIpc) is 3.00. The van der Waals surface area contributed by atoms with Crippen LogP contribution < -0.4 is 5.73 Å². The van der Waals surface area contributed by atoms with E-state index < -0.39 is 6.04 Å². The van der Waals surface area contributed by atoms with Crippen LogP contribution in [0.25, 0.3) is 0 Å². The zero-order valence-corrected chi connectivity index (χ0v) is 17.0. The zero-order chi connectivity index (χ0) is 20.4. The Bertz CT molecular complexity index is 756. The fourth-order valence-electron chi connectivity index (χ4n) is 5.31. The second kappa shape index (κ2) is 8.66. The minimum atomic E-state index is -0.488. The number of hydrogen-bond acceptors (Lipinski definition) is 4. The van der Waals surface area contributed by atoms with Gasteiger partial charge in [-0.15, -0.1) is 0 Å². The number of imide groups is 1. The number of unbranched alkanes of at least 4 members (excludes halogenated alkanes) is 1. The number of likely N-dealkylation sites (tertiary alicyclic amines) is 1. The predicted octanol–water partition coefficient (Wildman–Crippen LogP) is 2.96. The van der Waals surface area contributed by atoms with Crippen molar-refractivity contribution in [3.8, 4) is 0 Å². The number of nitrogens with zero attached hydrogens (tertiary/aromatic N) is 2. The second-order valence-electron chi connectivity index (χ2n) is 8.70. The van der Waals surface area contributed by atoms with Gasteiger partial charge in [0, 0.05) is 19.1 Å². The summed E-state index contributed by atoms with van der Waals surface area (Å²) in [5.74, 6) is 0.301. The van der Waals surface area contributed by atoms with E-state index in [1.807, 2.05) is 0 Å². The number of piperidine rings is 1. The molecule has 2 aliphatic heterocycles. The summed E-state index contributed by atoms with van der Waals surface area (Å²) in [5.41, 5.74) is 7.21. The van der Waals surface area contributed by atoms with E-state index in [0.29, 0.717) is 42.5 Å². The van der Waals surface area contributed by atoms with Gasteiger partial charge >= 0.3 is 0 Å². The molecule has 2 N–H and O–H groups in total. The van der Waals surface area contributed by atoms with Crippen LogP contribution in [0.1, 0.15) is 78.5 Å². The molecule has 1 aromatic carbocycles. The number of nitrogens with two attached hydrogens (primary N) is 1. The van der Waals surface area contributed by atoms with Crippen LogP contribution in [0.15, 0.2) is 24.3 Å². The van der Waals surface area contributed by atoms with Gasteiger partial charge in [0.25, 0.3) is 11.8 Å². The van der Waals surface area contributed by atoms with Gasteiger partial charge in [0.1, 0.15) is 0 Å². The minimum Gasteiger partial charge on any atom is -0.338 e. The molecule has 4 rings (SSSR count). The molecule has 3 atom stereocenters. The Kier molecular flexibility index (Phi) is 5.99. The van der Waals surface area contributed by atoms with Crippen LogP contribution >= 0.6 is 0 Å². The molecule has 0 unspecified atom stereocenters. The highest BCUT2D eigenvalue weighted by molar-refractivity contribution is 6.21. The lowest BCUT2D eigenvalue weighted by molar-refractivity contribution is -0.139. The van der Waals surface area contributed by atoms with Gasteiger partial charge in [0.05, 0.1) is 17.2 Å². The quantitative estimate of drug-likeness (QED) is 0.591. The van der Waals surface area contributed by atoms with E-state index in [1.54, 1.807) is 24.3 Å². The average molecular weight is 398 g/mol. The third-order valence-electron chi connectivity index (χ3n) is 6.87. The Balaban J connectivity index is 1.25. The monoisotopic (exact) mass is 397 g/mol. The van der Waals surface area contributed by atoms with Crippen LogP contribution in [-0.2, 0) is 4.79 Å². The first-order valence-corrected chi connectivity index (χ1v) is 11.1. The van der Waals surface area contributed by atoms with E-state index in [9.17, 15) is 14.4 Å². The maximum absolute atomic E-state index is 12.9. The lowest BCUT2D eigenvalue weighted by Gasteiger charge is -2.45. The molecule has 6 heteroatoms. The molecule has 1 saturated heterocycles. The fourth-order valence-corrected chi connectivity index (χ4v) is 5.31. The standard InChI is InChI=1S/C23H31N3O3/c24-19(23(29)25-15-7-9-16-8-1-4-13-20(16)25)12-5-6-14-26-21(27)17-10-2-3-11-18(17)22(26)28/h2-3,10-11,16,19-20H,1,4-9,12-15,24H2/t16-,19-,20+/m1/s1. The molecule has 1 aromatic rings. The Hall–Kier alpha value is -2.21. The van der Waals surface area contributed by atoms with Gasteiger partial charge in [-0.25, -0.2) is 0 Å². The number of fused-ring (bicyclic) bond motifs is 2. The molecule has 3 aliphatic rings. The zero-order valence-electron chi connectivity index (χ0n) is 17.0. The number of carbonyl (C=O) groups is 3. The molecule has 2 heterocycles. The molecule has 1 saturated carbocycles. The summed E-state index contributed by atoms with van der Waals surface area (Å²) in [6.45, 7) is 1.21. The second-order valence-corrected chi connectivity index (χ2v) is 8.70. The Labute approximate surface area is 172 Å². The van der Waals surface area contributed by atoms with Crippen molar-refractivity contribution in [2.45, 2.75) is 69.9 Å². The third-order valence-corrected chi connectivity index (χ3v) is 6.87. The molecule has 1 aliphatic carbocycles. The highest BCUT2D eigenvalue weighted by Gasteiger charge is 2.37. The van der Waals surface area contributed by atoms with Gasteiger partial charge < -0.3 is 10.6 Å². The Morgan fingerprint density at radius 2 is 1.66 bits per heavy atom. The minimum absolute atomic E-state index is 0.0855. The summed E-state index contributed by atoms with van der Waals surface area (Å²) in [6, 6.07) is 6.83. The first-order valence-electron chi connectivity index (χ1n) is 11.1. The Morgan fingerprint density at radius 3 is 2.38 bits per heavy atom. The lowest BCUT2D eigenvalue weighted by Crippen LogP contribution is -2.54. The molecular weight excluding hydrogens is 366 g/mol. The van der Waals surface area contributed by atoms with Crippen molar-refractivity contribution in [2.75, 3.05) is 13.1 Å². The molecular formula is C23H31N3O3. The van der Waals surface area contributed by atoms with Crippen molar-refractivity contribution in [2.24, 2.45) is 11.7 Å². The van der Waals surface area contributed by atoms with Crippen LogP contribution in [0, 0.1) is 5.92 Å². The highest BCUT2D eigenvalue weighted by atomic mass is 16.2. The third kappa shape index (κ3) is 3.95. The first kappa shape index (κ1) is 20.1. The number of carbonyl (C=O) groups excluding carboxylic acids is 3. The number of hydrogen-bond donors (Lipinski definition) is 1. The first-order chi connectivity index (χ1) is 14.1. The number of rotatable bonds is 6. The molecule has 0 radical (unpaired) electrons. The van der Waals surface area contributed by atoms with Crippen molar-refractivity contribution in [1.82, 2.24) is 9.80 Å². The molecule has 29 heavy (non-hydrogen) atoms. The van der Waals surface area contributed by atoms with Crippen LogP contribution in [0.3, 0.4) is 0 Å². The summed E-state index contributed by atoms with van der Waals surface area (Å²) in [6.07, 6.45) is 9.15. The van der Waals surface area contributed by atoms with Crippen molar-refractivity contribution in [3.05, 3.63) is 35.4 Å². The number of benzene rings is 1. The van der Waals surface area contributed by atoms with Crippen LogP contribution in [-0.4, -0.2) is 52.7 Å². The van der Waals surface area contributed by atoms with Gasteiger partial charge in [-0.1, -0.05) is 25.0 Å². The van der Waals surface area contributed by atoms with Gasteiger partial charge in [-0.2, -0.15) is 0 Å². The largest absolute Gasteiger partial charge is 0.338 e. The van der Waals surface area contributed by atoms with E-state index in [1.165, 1.54) is 30.6 Å². The molecule has 3 amide bonds. The number of amides is 3. The molecule has 2 fully saturated rings. The van der Waals surface area contributed by atoms with Crippen molar-refractivity contribution in [3.63, 3.8) is 0 Å². The maximum atomic E-state index is 12.9. The van der Waals surface area contributed by atoms with E-state index in [-0.39, 0.29) is 17.7 Å². The lowest BCUT2D eigenvalue weighted by atomic mass is 9.78. The van der Waals surface area contributed by atoms with Gasteiger partial charge in [-0.3, -0.25) is 19.3 Å². The fraction of sp³-hybridized carbons (Fsp3) is 0.609. The normalized spacial score (nSPS) is 25.0. The maximum Gasteiger partial charge on any atom is 0.261 e. The van der Waals surface area contributed by atoms with Crippen molar-refractivity contribution >= 4 is 17.7 Å². The summed E-state index contributed by atoms with van der Waals surface area (Å²) < 4.78 is 0. The molecule has 6 nitrogen and oxygen atoms in total. The topological polar surface area (TPSA) is 83.7 Å². The van der Waals surface area contributed by atoms with E-state index in [0.717, 1.165) is 25.8 Å². The molecule has 0 bridgehead atoms. The molecule has 0 aromatic heterocycles. The van der Waals surface area contributed by atoms with Crippen LogP contribution in [0.4, 0.5) is 0 Å². The summed E-state index contributed by atoms with van der Waals surface area (Å²) in [7, 11) is 0. The highest BCUT2D eigenvalue weighted by Crippen LogP contribution is 2.35. The summed E-state index contributed by atoms with van der Waals surface area (Å²) in [5, 5.41) is 0. The van der Waals surface area contributed by atoms with Gasteiger partial charge in [0.15, 0.2) is 0 Å². The molecule has 156 valence electrons. The van der Waals surface area contributed by atoms with E-state index in [2.05, 4.69) is 4.90 Å². The SMILES string of the molecule is N[C@H](CCCCN1C(=O)c2ccccc2C1=O)C(=O)N1CCC[C@H]2CCCC[C@@H]21. The summed E-state index contributed by atoms with van der Waals surface area (Å²) in [4.78, 5) is 41.1. The van der Waals surface area contributed by atoms with E-state index in [4.69, 9.17) is 5.73 Å². The molecule has 0 spiro atoms. The smallest absolute Gasteiger partial charge is 0.261 e. The van der Waals surface area contributed by atoms with Crippen molar-refractivity contribution < 1.29 is 14.4 Å². The predicted molar refractivity (Wildman–Crippen MR) is 110 cm³/mol. The Morgan fingerprint density at radius 1 is 1.00 bits per heavy atom. The van der Waals surface area contributed by atoms with Crippen LogP contribution in [0.2, 0.25) is 0 Å². The van der Waals surface area contributed by atoms with Gasteiger partial charge in [-0.05, 0) is 63.0 Å². The summed E-state index contributed by atoms with van der Waals surface area (Å²) >= 11 is 0. The van der Waals surface area contributed by atoms with E-state index >= 15 is 0 Å². The van der Waals surface area contributed by atoms with Crippen molar-refractivity contribution in [1.29, 1.82) is 0 Å².